The van der Waals surface area contributed by atoms with Crippen LogP contribution in [0.3, 0.4) is 0 Å². The average Bonchev–Trinajstić information content (AvgIpc) is 3.00. The number of hydrazone groups is 1. The molecule has 0 amide bonds. The van der Waals surface area contributed by atoms with Gasteiger partial charge < -0.3 is 4.74 Å². The van der Waals surface area contributed by atoms with Crippen molar-refractivity contribution in [2.45, 2.75) is 6.92 Å². The van der Waals surface area contributed by atoms with Crippen LogP contribution in [0, 0.1) is 0 Å². The van der Waals surface area contributed by atoms with Crippen molar-refractivity contribution in [1.29, 1.82) is 0 Å². The Labute approximate surface area is 121 Å². The Bertz CT molecular complexity index is 795. The third-order valence-corrected chi connectivity index (χ3v) is 3.03. The smallest absolute Gasteiger partial charge is 0.325 e. The molecule has 0 atom stereocenters. The van der Waals surface area contributed by atoms with Crippen LogP contribution in [0.4, 0.5) is 5.82 Å². The van der Waals surface area contributed by atoms with Gasteiger partial charge in [0, 0.05) is 16.7 Å². The van der Waals surface area contributed by atoms with Crippen molar-refractivity contribution in [3.05, 3.63) is 48.3 Å². The number of aromatic nitrogens is 4. The topological polar surface area (TPSA) is 79.3 Å². The monoisotopic (exact) mass is 283 g/mol. The summed E-state index contributed by atoms with van der Waals surface area (Å²) in [4.78, 5) is 0. The fourth-order valence-corrected chi connectivity index (χ4v) is 1.97. The van der Waals surface area contributed by atoms with Crippen molar-refractivity contribution in [1.82, 2.24) is 15.3 Å². The number of nitrogens with zero attached hydrogens (tertiary/aromatic N) is 4. The number of hydrogen-bond donors (Lipinski definition) is 2. The lowest BCUT2D eigenvalue weighted by Crippen LogP contribution is -2.24. The van der Waals surface area contributed by atoms with Gasteiger partial charge in [-0.05, 0) is 25.1 Å². The van der Waals surface area contributed by atoms with E-state index in [1.54, 1.807) is 18.0 Å². The summed E-state index contributed by atoms with van der Waals surface area (Å²) in [5.41, 5.74) is 5.42. The van der Waals surface area contributed by atoms with Crippen LogP contribution < -0.4 is 14.7 Å². The lowest BCUT2D eigenvalue weighted by atomic mass is 10.1. The zero-order valence-electron chi connectivity index (χ0n) is 11.7. The summed E-state index contributed by atoms with van der Waals surface area (Å²) in [6.07, 6.45) is 1.66. The molecule has 1 aromatic carbocycles. The molecule has 0 radical (unpaired) electrons. The number of H-pyrrole nitrogens is 1. The van der Waals surface area contributed by atoms with Gasteiger partial charge in [-0.15, -0.1) is 9.61 Å². The van der Waals surface area contributed by atoms with Crippen molar-refractivity contribution < 1.29 is 9.25 Å². The molecule has 3 aromatic rings. The predicted molar refractivity (Wildman–Crippen MR) is 78.4 cm³/mol. The SMILES string of the molecule is COc1ccccc1C(C)=NNc1ccc2n[nH]c[n+]2n1. The number of para-hydroxylation sites is 1. The molecular formula is C14H15N6O+. The van der Waals surface area contributed by atoms with Crippen molar-refractivity contribution in [3.63, 3.8) is 0 Å². The van der Waals surface area contributed by atoms with Crippen LogP contribution in [-0.2, 0) is 0 Å². The number of fused-ring (bicyclic) bond motifs is 1. The summed E-state index contributed by atoms with van der Waals surface area (Å²) in [6, 6.07) is 11.4. The summed E-state index contributed by atoms with van der Waals surface area (Å²) in [6.45, 7) is 1.91. The van der Waals surface area contributed by atoms with Gasteiger partial charge in [-0.1, -0.05) is 17.2 Å². The predicted octanol–water partition coefficient (Wildman–Crippen LogP) is 1.39. The largest absolute Gasteiger partial charge is 0.496 e. The van der Waals surface area contributed by atoms with E-state index in [9.17, 15) is 0 Å². The minimum absolute atomic E-state index is 0.628. The third kappa shape index (κ3) is 2.66. The first kappa shape index (κ1) is 13.0. The summed E-state index contributed by atoms with van der Waals surface area (Å²) in [5.74, 6) is 1.41. The lowest BCUT2D eigenvalue weighted by Gasteiger charge is -2.07. The number of aromatic amines is 1. The van der Waals surface area contributed by atoms with E-state index in [-0.39, 0.29) is 0 Å². The molecule has 0 unspecified atom stereocenters. The second kappa shape index (κ2) is 5.58. The van der Waals surface area contributed by atoms with Crippen LogP contribution in [0.25, 0.3) is 5.65 Å². The van der Waals surface area contributed by atoms with Crippen LogP contribution in [0.2, 0.25) is 0 Å². The van der Waals surface area contributed by atoms with Crippen LogP contribution in [0.15, 0.2) is 47.8 Å². The van der Waals surface area contributed by atoms with Gasteiger partial charge in [0.05, 0.1) is 12.8 Å². The van der Waals surface area contributed by atoms with Crippen molar-refractivity contribution in [2.24, 2.45) is 5.10 Å². The highest BCUT2D eigenvalue weighted by Crippen LogP contribution is 2.18. The molecular weight excluding hydrogens is 268 g/mol. The fraction of sp³-hybridized carbons (Fsp3) is 0.143. The standard InChI is InChI=1S/C14H14N6O/c1-10(11-5-3-4-6-12(11)21-2)16-17-13-7-8-14-18-15-9-20(14)19-13/h3-9H,1-2H3,(H,17,19)/p+1. The fourth-order valence-electron chi connectivity index (χ4n) is 1.97. The molecule has 21 heavy (non-hydrogen) atoms. The average molecular weight is 283 g/mol. The summed E-state index contributed by atoms with van der Waals surface area (Å²) in [7, 11) is 1.64. The Morgan fingerprint density at radius 2 is 2.14 bits per heavy atom. The minimum atomic E-state index is 0.628. The first-order chi connectivity index (χ1) is 10.3. The quantitative estimate of drug-likeness (QED) is 0.431. The molecule has 0 aliphatic heterocycles. The summed E-state index contributed by atoms with van der Waals surface area (Å²) >= 11 is 0. The zero-order valence-corrected chi connectivity index (χ0v) is 11.7. The zero-order chi connectivity index (χ0) is 14.7. The Balaban J connectivity index is 1.84. The van der Waals surface area contributed by atoms with Crippen LogP contribution in [0.1, 0.15) is 12.5 Å². The van der Waals surface area contributed by atoms with E-state index < -0.39 is 0 Å². The second-order valence-corrected chi connectivity index (χ2v) is 4.40. The Morgan fingerprint density at radius 1 is 1.29 bits per heavy atom. The Morgan fingerprint density at radius 3 is 3.00 bits per heavy atom. The van der Waals surface area contributed by atoms with E-state index in [4.69, 9.17) is 4.74 Å². The highest BCUT2D eigenvalue weighted by molar-refractivity contribution is 6.01. The molecule has 7 heteroatoms. The van der Waals surface area contributed by atoms with Crippen molar-refractivity contribution in [3.8, 4) is 5.75 Å². The molecule has 0 saturated heterocycles. The van der Waals surface area contributed by atoms with E-state index in [0.29, 0.717) is 5.82 Å². The van der Waals surface area contributed by atoms with Gasteiger partial charge in [0.15, 0.2) is 5.82 Å². The van der Waals surface area contributed by atoms with Gasteiger partial charge in [-0.3, -0.25) is 5.43 Å². The molecule has 3 rings (SSSR count). The Kier molecular flexibility index (Phi) is 3.46. The number of rotatable bonds is 4. The maximum Gasteiger partial charge on any atom is 0.325 e. The van der Waals surface area contributed by atoms with Crippen molar-refractivity contribution in [2.75, 3.05) is 12.5 Å². The summed E-state index contributed by atoms with van der Waals surface area (Å²) in [5, 5.41) is 15.4. The normalized spacial score (nSPS) is 11.6. The molecule has 2 N–H and O–H groups in total. The van der Waals surface area contributed by atoms with Gasteiger partial charge in [0.25, 0.3) is 0 Å². The van der Waals surface area contributed by atoms with Gasteiger partial charge in [-0.25, -0.2) is 0 Å². The van der Waals surface area contributed by atoms with E-state index in [0.717, 1.165) is 22.7 Å². The highest BCUT2D eigenvalue weighted by atomic mass is 16.5. The number of anilines is 1. The molecule has 0 fully saturated rings. The van der Waals surface area contributed by atoms with Gasteiger partial charge in [0.2, 0.25) is 6.33 Å². The van der Waals surface area contributed by atoms with Crippen LogP contribution >= 0.6 is 0 Å². The molecule has 7 nitrogen and oxygen atoms in total. The van der Waals surface area contributed by atoms with E-state index >= 15 is 0 Å². The molecule has 0 aliphatic carbocycles. The molecule has 2 heterocycles. The minimum Gasteiger partial charge on any atom is -0.496 e. The van der Waals surface area contributed by atoms with Crippen LogP contribution in [-0.4, -0.2) is 28.1 Å². The van der Waals surface area contributed by atoms with E-state index in [1.165, 1.54) is 0 Å². The first-order valence-corrected chi connectivity index (χ1v) is 6.44. The number of ether oxygens (including phenoxy) is 1. The first-order valence-electron chi connectivity index (χ1n) is 6.44. The Hall–Kier alpha value is -2.96. The third-order valence-electron chi connectivity index (χ3n) is 3.03. The molecule has 0 aliphatic rings. The van der Waals surface area contributed by atoms with Gasteiger partial charge in [0.1, 0.15) is 5.75 Å². The van der Waals surface area contributed by atoms with E-state index in [2.05, 4.69) is 25.8 Å². The maximum absolute atomic E-state index is 5.32. The number of methoxy groups -OCH3 is 1. The molecule has 2 aromatic heterocycles. The van der Waals surface area contributed by atoms with Gasteiger partial charge in [-0.2, -0.15) is 5.10 Å². The molecule has 0 spiro atoms. The second-order valence-electron chi connectivity index (χ2n) is 4.40. The van der Waals surface area contributed by atoms with Crippen molar-refractivity contribution >= 4 is 17.2 Å². The van der Waals surface area contributed by atoms with Gasteiger partial charge >= 0.3 is 5.65 Å². The number of benzene rings is 1. The molecule has 0 bridgehead atoms. The lowest BCUT2D eigenvalue weighted by molar-refractivity contribution is -0.579. The highest BCUT2D eigenvalue weighted by Gasteiger charge is 2.07. The number of nitrogens with one attached hydrogen (secondary N) is 2. The maximum atomic E-state index is 5.32. The molecule has 106 valence electrons. The van der Waals surface area contributed by atoms with Crippen LogP contribution in [0.5, 0.6) is 5.75 Å². The summed E-state index contributed by atoms with van der Waals surface area (Å²) < 4.78 is 6.96. The van der Waals surface area contributed by atoms with E-state index in [1.807, 2.05) is 43.3 Å². The molecule has 0 saturated carbocycles. The number of hydrogen-bond acceptors (Lipinski definition) is 5.